The molecule has 0 radical (unpaired) electrons. The van der Waals surface area contributed by atoms with Crippen LogP contribution in [0.5, 0.6) is 0 Å². The first-order valence-corrected chi connectivity index (χ1v) is 11.3. The number of amides is 1. The number of nitrogens with one attached hydrogen (secondary N) is 1. The highest BCUT2D eigenvalue weighted by Gasteiger charge is 2.27. The van der Waals surface area contributed by atoms with Crippen LogP contribution in [0.15, 0.2) is 42.7 Å². The van der Waals surface area contributed by atoms with E-state index in [-0.39, 0.29) is 17.2 Å². The zero-order chi connectivity index (χ0) is 24.4. The van der Waals surface area contributed by atoms with Crippen molar-refractivity contribution >= 4 is 11.6 Å². The minimum atomic E-state index is -1.08. The number of carbonyl (C=O) groups is 1. The maximum absolute atomic E-state index is 14.5. The predicted molar refractivity (Wildman–Crippen MR) is 123 cm³/mol. The van der Waals surface area contributed by atoms with Gasteiger partial charge in [0, 0.05) is 6.20 Å². The third-order valence-corrected chi connectivity index (χ3v) is 6.32. The molecule has 1 fully saturated rings. The van der Waals surface area contributed by atoms with E-state index in [1.807, 2.05) is 6.07 Å². The molecule has 1 aliphatic carbocycles. The van der Waals surface area contributed by atoms with E-state index >= 15 is 0 Å². The topological polar surface area (TPSA) is 75.1 Å². The Bertz CT molecular complexity index is 1180. The van der Waals surface area contributed by atoms with Crippen LogP contribution < -0.4 is 5.32 Å². The fraction of sp³-hybridized carbons (Fsp3) is 0.346. The summed E-state index contributed by atoms with van der Waals surface area (Å²) in [6.45, 7) is 3.87. The number of benzene rings is 1. The van der Waals surface area contributed by atoms with E-state index in [9.17, 15) is 18.0 Å². The van der Waals surface area contributed by atoms with Crippen molar-refractivity contribution in [3.8, 4) is 11.3 Å². The molecule has 3 aromatic rings. The number of halogens is 3. The average molecular weight is 470 g/mol. The number of rotatable bonds is 5. The predicted octanol–water partition coefficient (Wildman–Crippen LogP) is 5.85. The Balaban J connectivity index is 1.64. The van der Waals surface area contributed by atoms with E-state index in [2.05, 4.69) is 29.1 Å². The van der Waals surface area contributed by atoms with Crippen LogP contribution in [-0.4, -0.2) is 21.0 Å². The van der Waals surface area contributed by atoms with E-state index in [1.54, 1.807) is 12.4 Å². The standard InChI is InChI=1S/C26H26F3N3O2/c1-14-7-15(2)9-17(8-14)18-5-6-30-12-23(18)32-26(34)22-4-3-19(27)25(31-22)24-20(28)10-16(13-33)11-21(24)29/h3-6,10-12,14-15,17,33H,7-9,13H2,1-2H3,(H,32,34)/t14-,15?,17?/m1/s1. The summed E-state index contributed by atoms with van der Waals surface area (Å²) in [5, 5.41) is 11.9. The fourth-order valence-electron chi connectivity index (χ4n) is 4.94. The third kappa shape index (κ3) is 4.97. The van der Waals surface area contributed by atoms with Gasteiger partial charge in [-0.3, -0.25) is 9.78 Å². The van der Waals surface area contributed by atoms with Gasteiger partial charge in [-0.1, -0.05) is 13.8 Å². The molecule has 5 nitrogen and oxygen atoms in total. The van der Waals surface area contributed by atoms with Crippen LogP contribution in [0.4, 0.5) is 18.9 Å². The van der Waals surface area contributed by atoms with Gasteiger partial charge >= 0.3 is 0 Å². The first-order chi connectivity index (χ1) is 16.3. The Kier molecular flexibility index (Phi) is 6.97. The highest BCUT2D eigenvalue weighted by Crippen LogP contribution is 2.41. The van der Waals surface area contributed by atoms with Crippen molar-refractivity contribution in [1.82, 2.24) is 9.97 Å². The fourth-order valence-corrected chi connectivity index (χ4v) is 4.94. The van der Waals surface area contributed by atoms with Gasteiger partial charge in [0.1, 0.15) is 28.8 Å². The minimum absolute atomic E-state index is 0.00325. The van der Waals surface area contributed by atoms with Crippen LogP contribution in [0.1, 0.15) is 60.6 Å². The van der Waals surface area contributed by atoms with Gasteiger partial charge in [-0.2, -0.15) is 0 Å². The van der Waals surface area contributed by atoms with Crippen LogP contribution in [0, 0.1) is 29.3 Å². The number of carbonyl (C=O) groups excluding carboxylic acids is 1. The maximum Gasteiger partial charge on any atom is 0.274 e. The molecule has 8 heteroatoms. The molecular weight excluding hydrogens is 443 g/mol. The molecule has 0 aliphatic heterocycles. The Morgan fingerprint density at radius 1 is 1.03 bits per heavy atom. The smallest absolute Gasteiger partial charge is 0.274 e. The van der Waals surface area contributed by atoms with Crippen molar-refractivity contribution in [3.05, 3.63) is 77.0 Å². The number of hydrogen-bond acceptors (Lipinski definition) is 4. The van der Waals surface area contributed by atoms with Gasteiger partial charge in [0.2, 0.25) is 0 Å². The summed E-state index contributed by atoms with van der Waals surface area (Å²) in [6.07, 6.45) is 6.41. The molecule has 1 saturated carbocycles. The summed E-state index contributed by atoms with van der Waals surface area (Å²) in [4.78, 5) is 21.1. The summed E-state index contributed by atoms with van der Waals surface area (Å²) < 4.78 is 43.5. The monoisotopic (exact) mass is 469 g/mol. The molecule has 1 aromatic carbocycles. The summed E-state index contributed by atoms with van der Waals surface area (Å²) in [5.74, 6) is -2.38. The number of aliphatic hydroxyl groups excluding tert-OH is 1. The van der Waals surface area contributed by atoms with Crippen LogP contribution >= 0.6 is 0 Å². The molecule has 4 rings (SSSR count). The maximum atomic E-state index is 14.5. The zero-order valence-corrected chi connectivity index (χ0v) is 19.0. The van der Waals surface area contributed by atoms with Crippen molar-refractivity contribution in [2.24, 2.45) is 11.8 Å². The van der Waals surface area contributed by atoms with Gasteiger partial charge in [0.15, 0.2) is 0 Å². The number of aliphatic hydroxyl groups is 1. The molecule has 178 valence electrons. The largest absolute Gasteiger partial charge is 0.392 e. The Labute approximate surface area is 196 Å². The number of pyridine rings is 2. The second-order valence-corrected chi connectivity index (χ2v) is 9.15. The van der Waals surface area contributed by atoms with Crippen molar-refractivity contribution in [3.63, 3.8) is 0 Å². The molecule has 1 amide bonds. The zero-order valence-electron chi connectivity index (χ0n) is 19.0. The van der Waals surface area contributed by atoms with Crippen molar-refractivity contribution < 1.29 is 23.1 Å². The molecular formula is C26H26F3N3O2. The average Bonchev–Trinajstić information content (AvgIpc) is 2.79. The SMILES string of the molecule is CC1CC(c2ccncc2NC(=O)c2ccc(F)c(-c3c(F)cc(CO)cc3F)n2)C[C@H](C)C1. The van der Waals surface area contributed by atoms with E-state index in [0.29, 0.717) is 17.5 Å². The number of hydrogen-bond donors (Lipinski definition) is 2. The molecule has 3 atom stereocenters. The van der Waals surface area contributed by atoms with Gasteiger partial charge < -0.3 is 10.4 Å². The normalized spacial score (nSPS) is 20.2. The second kappa shape index (κ2) is 9.93. The molecule has 1 aliphatic rings. The molecule has 2 unspecified atom stereocenters. The molecule has 2 heterocycles. The summed E-state index contributed by atoms with van der Waals surface area (Å²) in [7, 11) is 0. The van der Waals surface area contributed by atoms with Gasteiger partial charge in [0.25, 0.3) is 5.91 Å². The molecule has 2 aromatic heterocycles. The van der Waals surface area contributed by atoms with Crippen LogP contribution in [0.25, 0.3) is 11.3 Å². The molecule has 0 bridgehead atoms. The van der Waals surface area contributed by atoms with Crippen LogP contribution in [-0.2, 0) is 6.61 Å². The molecule has 34 heavy (non-hydrogen) atoms. The van der Waals surface area contributed by atoms with Gasteiger partial charge in [0.05, 0.1) is 24.1 Å². The van der Waals surface area contributed by atoms with Gasteiger partial charge in [-0.15, -0.1) is 0 Å². The number of aromatic nitrogens is 2. The quantitative estimate of drug-likeness (QED) is 0.492. The molecule has 0 saturated heterocycles. The number of nitrogens with zero attached hydrogens (tertiary/aromatic N) is 2. The van der Waals surface area contributed by atoms with E-state index in [0.717, 1.165) is 49.1 Å². The highest BCUT2D eigenvalue weighted by atomic mass is 19.1. The van der Waals surface area contributed by atoms with Crippen LogP contribution in [0.3, 0.4) is 0 Å². The lowest BCUT2D eigenvalue weighted by Gasteiger charge is -2.32. The van der Waals surface area contributed by atoms with Crippen molar-refractivity contribution in [2.45, 2.75) is 45.6 Å². The van der Waals surface area contributed by atoms with Gasteiger partial charge in [-0.25, -0.2) is 18.2 Å². The lowest BCUT2D eigenvalue weighted by Crippen LogP contribution is -2.21. The summed E-state index contributed by atoms with van der Waals surface area (Å²) in [6, 6.07) is 5.81. The Morgan fingerprint density at radius 2 is 1.71 bits per heavy atom. The lowest BCUT2D eigenvalue weighted by molar-refractivity contribution is 0.102. The van der Waals surface area contributed by atoms with E-state index < -0.39 is 41.2 Å². The lowest BCUT2D eigenvalue weighted by atomic mass is 9.74. The second-order valence-electron chi connectivity index (χ2n) is 9.15. The molecule has 2 N–H and O–H groups in total. The first kappa shape index (κ1) is 23.9. The van der Waals surface area contributed by atoms with Crippen LogP contribution in [0.2, 0.25) is 0 Å². The Morgan fingerprint density at radius 3 is 2.35 bits per heavy atom. The summed E-state index contributed by atoms with van der Waals surface area (Å²) >= 11 is 0. The van der Waals surface area contributed by atoms with Crippen molar-refractivity contribution in [1.29, 1.82) is 0 Å². The Hall–Kier alpha value is -3.26. The van der Waals surface area contributed by atoms with E-state index in [1.165, 1.54) is 0 Å². The summed E-state index contributed by atoms with van der Waals surface area (Å²) in [5.41, 5.74) is 0.00658. The third-order valence-electron chi connectivity index (χ3n) is 6.32. The first-order valence-electron chi connectivity index (χ1n) is 11.3. The van der Waals surface area contributed by atoms with Gasteiger partial charge in [-0.05, 0) is 78.5 Å². The molecule has 0 spiro atoms. The highest BCUT2D eigenvalue weighted by molar-refractivity contribution is 6.03. The van der Waals surface area contributed by atoms with E-state index in [4.69, 9.17) is 5.11 Å². The minimum Gasteiger partial charge on any atom is -0.392 e. The van der Waals surface area contributed by atoms with Crippen molar-refractivity contribution in [2.75, 3.05) is 5.32 Å². The number of anilines is 1.